The Labute approximate surface area is 76.7 Å². The van der Waals surface area contributed by atoms with Gasteiger partial charge in [-0.3, -0.25) is 0 Å². The molecule has 1 nitrogen and oxygen atoms in total. The molecule has 0 aromatic carbocycles. The van der Waals surface area contributed by atoms with Crippen molar-refractivity contribution in [3.05, 3.63) is 41.2 Å². The SMILES string of the molecule is S=C1CC2=C(C=CC=C=C2)CO1. The quantitative estimate of drug-likeness (QED) is 0.414. The van der Waals surface area contributed by atoms with Crippen molar-refractivity contribution in [1.82, 2.24) is 0 Å². The van der Waals surface area contributed by atoms with Crippen molar-refractivity contribution in [2.75, 3.05) is 6.61 Å². The summed E-state index contributed by atoms with van der Waals surface area (Å²) in [4.78, 5) is 0. The summed E-state index contributed by atoms with van der Waals surface area (Å²) in [6.45, 7) is 0.608. The zero-order chi connectivity index (χ0) is 8.39. The van der Waals surface area contributed by atoms with Crippen molar-refractivity contribution in [3.8, 4) is 0 Å². The minimum atomic E-state index is 0.608. The molecule has 0 radical (unpaired) electrons. The second kappa shape index (κ2) is 3.10. The standard InChI is InChI=1S/C10H8OS/c12-10-6-8-4-2-1-3-5-9(8)7-11-10/h1,3-5H,6-7H2. The van der Waals surface area contributed by atoms with Crippen LogP contribution in [0.25, 0.3) is 0 Å². The Morgan fingerprint density at radius 2 is 2.33 bits per heavy atom. The van der Waals surface area contributed by atoms with Crippen molar-refractivity contribution in [3.63, 3.8) is 0 Å². The highest BCUT2D eigenvalue weighted by atomic mass is 32.1. The van der Waals surface area contributed by atoms with Gasteiger partial charge in [-0.2, -0.15) is 0 Å². The van der Waals surface area contributed by atoms with E-state index in [1.54, 1.807) is 0 Å². The third-order valence-electron chi connectivity index (χ3n) is 1.88. The Balaban J connectivity index is 2.39. The van der Waals surface area contributed by atoms with Crippen molar-refractivity contribution in [1.29, 1.82) is 0 Å². The Morgan fingerprint density at radius 1 is 1.42 bits per heavy atom. The summed E-state index contributed by atoms with van der Waals surface area (Å²) in [7, 11) is 0. The average molecular weight is 176 g/mol. The maximum Gasteiger partial charge on any atom is 0.164 e. The smallest absolute Gasteiger partial charge is 0.164 e. The van der Waals surface area contributed by atoms with Crippen molar-refractivity contribution >= 4 is 17.3 Å². The highest BCUT2D eigenvalue weighted by Gasteiger charge is 2.13. The first-order valence-electron chi connectivity index (χ1n) is 3.83. The van der Waals surface area contributed by atoms with E-state index in [0.29, 0.717) is 11.7 Å². The van der Waals surface area contributed by atoms with Crippen LogP contribution in [0.5, 0.6) is 0 Å². The lowest BCUT2D eigenvalue weighted by molar-refractivity contribution is 0.335. The number of rotatable bonds is 0. The molecule has 0 saturated heterocycles. The Bertz CT molecular complexity index is 341. The van der Waals surface area contributed by atoms with Crippen LogP contribution in [0, 0.1) is 0 Å². The molecule has 2 heteroatoms. The first-order valence-corrected chi connectivity index (χ1v) is 4.24. The first kappa shape index (κ1) is 7.53. The molecular formula is C10H8OS. The van der Waals surface area contributed by atoms with Crippen LogP contribution in [0.15, 0.2) is 41.2 Å². The summed E-state index contributed by atoms with van der Waals surface area (Å²) in [6.07, 6.45) is 8.63. The highest BCUT2D eigenvalue weighted by Crippen LogP contribution is 2.20. The van der Waals surface area contributed by atoms with Gasteiger partial charge in [0.2, 0.25) is 0 Å². The summed E-state index contributed by atoms with van der Waals surface area (Å²) < 4.78 is 5.26. The number of ether oxygens (including phenoxy) is 1. The van der Waals surface area contributed by atoms with E-state index in [0.717, 1.165) is 6.42 Å². The number of allylic oxidation sites excluding steroid dienone is 2. The maximum atomic E-state index is 5.26. The van der Waals surface area contributed by atoms with Crippen LogP contribution in [-0.4, -0.2) is 11.7 Å². The largest absolute Gasteiger partial charge is 0.482 e. The van der Waals surface area contributed by atoms with Crippen LogP contribution in [0.3, 0.4) is 0 Å². The Kier molecular flexibility index (Phi) is 1.94. The van der Waals surface area contributed by atoms with Gasteiger partial charge in [0.15, 0.2) is 5.05 Å². The molecule has 1 aliphatic carbocycles. The molecule has 12 heavy (non-hydrogen) atoms. The minimum absolute atomic E-state index is 0.608. The lowest BCUT2D eigenvalue weighted by Crippen LogP contribution is -2.13. The Hall–Kier alpha value is -1.11. The fourth-order valence-corrected chi connectivity index (χ4v) is 1.45. The molecule has 0 fully saturated rings. The van der Waals surface area contributed by atoms with Crippen molar-refractivity contribution in [2.45, 2.75) is 6.42 Å². The van der Waals surface area contributed by atoms with E-state index in [-0.39, 0.29) is 0 Å². The topological polar surface area (TPSA) is 9.23 Å². The third-order valence-corrected chi connectivity index (χ3v) is 2.15. The van der Waals surface area contributed by atoms with Crippen LogP contribution in [0.2, 0.25) is 0 Å². The maximum absolute atomic E-state index is 5.26. The second-order valence-corrected chi connectivity index (χ2v) is 3.18. The molecular weight excluding hydrogens is 168 g/mol. The predicted molar refractivity (Wildman–Crippen MR) is 52.0 cm³/mol. The van der Waals surface area contributed by atoms with Crippen LogP contribution in [0.1, 0.15) is 6.42 Å². The van der Waals surface area contributed by atoms with E-state index < -0.39 is 0 Å². The van der Waals surface area contributed by atoms with E-state index in [1.807, 2.05) is 24.3 Å². The second-order valence-electron chi connectivity index (χ2n) is 2.72. The van der Waals surface area contributed by atoms with Gasteiger partial charge >= 0.3 is 0 Å². The molecule has 0 unspecified atom stereocenters. The van der Waals surface area contributed by atoms with Gasteiger partial charge in [0, 0.05) is 6.42 Å². The van der Waals surface area contributed by atoms with Crippen LogP contribution in [0.4, 0.5) is 0 Å². The monoisotopic (exact) mass is 176 g/mol. The summed E-state index contributed by atoms with van der Waals surface area (Å²) in [5.41, 5.74) is 5.50. The fourth-order valence-electron chi connectivity index (χ4n) is 1.24. The molecule has 0 aromatic heterocycles. The number of hydrogen-bond donors (Lipinski definition) is 0. The van der Waals surface area contributed by atoms with Gasteiger partial charge in [-0.1, -0.05) is 12.2 Å². The van der Waals surface area contributed by atoms with Crippen LogP contribution < -0.4 is 0 Å². The van der Waals surface area contributed by atoms with Crippen LogP contribution in [-0.2, 0) is 4.74 Å². The molecule has 0 atom stereocenters. The van der Waals surface area contributed by atoms with Crippen molar-refractivity contribution in [2.24, 2.45) is 0 Å². The van der Waals surface area contributed by atoms with Gasteiger partial charge in [-0.05, 0) is 35.5 Å². The molecule has 0 bridgehead atoms. The number of hydrogen-bond acceptors (Lipinski definition) is 2. The van der Waals surface area contributed by atoms with E-state index in [1.165, 1.54) is 11.1 Å². The highest BCUT2D eigenvalue weighted by molar-refractivity contribution is 7.80. The lowest BCUT2D eigenvalue weighted by atomic mass is 10.0. The molecule has 0 amide bonds. The summed E-state index contributed by atoms with van der Waals surface area (Å²) in [5.74, 6) is 0. The molecule has 0 aromatic rings. The molecule has 0 saturated carbocycles. The van der Waals surface area contributed by atoms with Gasteiger partial charge < -0.3 is 4.74 Å². The number of thiocarbonyl (C=S) groups is 1. The third kappa shape index (κ3) is 1.40. The molecule has 0 spiro atoms. The van der Waals surface area contributed by atoms with E-state index in [2.05, 4.69) is 5.73 Å². The van der Waals surface area contributed by atoms with E-state index in [9.17, 15) is 0 Å². The fraction of sp³-hybridized carbons (Fsp3) is 0.200. The lowest BCUT2D eigenvalue weighted by Gasteiger charge is -2.16. The minimum Gasteiger partial charge on any atom is -0.482 e. The van der Waals surface area contributed by atoms with Gasteiger partial charge in [0.1, 0.15) is 6.61 Å². The molecule has 0 N–H and O–H groups in total. The molecule has 2 aliphatic rings. The van der Waals surface area contributed by atoms with Gasteiger partial charge in [-0.25, -0.2) is 0 Å². The Morgan fingerprint density at radius 3 is 3.25 bits per heavy atom. The van der Waals surface area contributed by atoms with Crippen LogP contribution >= 0.6 is 12.2 Å². The summed E-state index contributed by atoms with van der Waals surface area (Å²) in [5, 5.41) is 0.683. The van der Waals surface area contributed by atoms with E-state index >= 15 is 0 Å². The normalized spacial score (nSPS) is 20.5. The molecule has 60 valence electrons. The average Bonchev–Trinajstić information content (AvgIpc) is 2.28. The van der Waals surface area contributed by atoms with E-state index in [4.69, 9.17) is 17.0 Å². The summed E-state index contributed by atoms with van der Waals surface area (Å²) in [6, 6.07) is 0. The molecule has 1 heterocycles. The zero-order valence-corrected chi connectivity index (χ0v) is 7.36. The zero-order valence-electron chi connectivity index (χ0n) is 6.54. The van der Waals surface area contributed by atoms with Gasteiger partial charge in [0.05, 0.1) is 0 Å². The predicted octanol–water partition coefficient (Wildman–Crippen LogP) is 2.31. The van der Waals surface area contributed by atoms with Gasteiger partial charge in [-0.15, -0.1) is 5.73 Å². The molecule has 2 rings (SSSR count). The van der Waals surface area contributed by atoms with Gasteiger partial charge in [0.25, 0.3) is 0 Å². The first-order chi connectivity index (χ1) is 5.86. The van der Waals surface area contributed by atoms with Crippen molar-refractivity contribution < 1.29 is 4.74 Å². The molecule has 1 aliphatic heterocycles. The summed E-state index contributed by atoms with van der Waals surface area (Å²) >= 11 is 4.98.